The van der Waals surface area contributed by atoms with E-state index < -0.39 is 24.0 Å². The Bertz CT molecular complexity index is 1430. The highest BCUT2D eigenvalue weighted by Crippen LogP contribution is 2.58. The lowest BCUT2D eigenvalue weighted by atomic mass is 9.89. The molecule has 7 atom stereocenters. The lowest BCUT2D eigenvalue weighted by molar-refractivity contribution is 0.138. The SMILES string of the molecule is C=C1C[C@@H]2[C@H](C=C[C@H](C[C@H](C)CCCC)O[Si](C)(C)C(C)(C)C)[C@H](O[Si](C)(C)C(C)(C)C)C[C@@H]2C1OP(=O)(c1ccccc1)c1ccccc1. The lowest BCUT2D eigenvalue weighted by Gasteiger charge is -2.40. The molecular formula is C43H69O4PSi2. The van der Waals surface area contributed by atoms with E-state index in [-0.39, 0.29) is 40.2 Å². The van der Waals surface area contributed by atoms with E-state index in [1.165, 1.54) is 19.3 Å². The summed E-state index contributed by atoms with van der Waals surface area (Å²) >= 11 is 0. The van der Waals surface area contributed by atoms with Gasteiger partial charge in [-0.2, -0.15) is 0 Å². The van der Waals surface area contributed by atoms with Crippen molar-refractivity contribution in [1.82, 2.24) is 0 Å². The molecule has 4 rings (SSSR count). The van der Waals surface area contributed by atoms with Crippen LogP contribution in [0.5, 0.6) is 0 Å². The first-order valence-electron chi connectivity index (χ1n) is 19.3. The van der Waals surface area contributed by atoms with E-state index in [0.29, 0.717) is 11.8 Å². The van der Waals surface area contributed by atoms with Gasteiger partial charge in [-0.1, -0.05) is 130 Å². The first kappa shape index (κ1) is 41.2. The number of hydrogen-bond donors (Lipinski definition) is 0. The van der Waals surface area contributed by atoms with Crippen molar-refractivity contribution < 1.29 is 17.9 Å². The Kier molecular flexibility index (Phi) is 13.4. The van der Waals surface area contributed by atoms with Crippen molar-refractivity contribution in [3.8, 4) is 0 Å². The molecular weight excluding hydrogens is 668 g/mol. The highest BCUT2D eigenvalue weighted by Gasteiger charge is 2.55. The summed E-state index contributed by atoms with van der Waals surface area (Å²) in [5.74, 6) is 1.29. The second kappa shape index (κ2) is 16.2. The summed E-state index contributed by atoms with van der Waals surface area (Å²) in [7, 11) is -7.48. The van der Waals surface area contributed by atoms with Crippen LogP contribution in [-0.4, -0.2) is 34.9 Å². The molecule has 2 fully saturated rings. The van der Waals surface area contributed by atoms with Gasteiger partial charge in [0.25, 0.3) is 7.37 Å². The predicted molar refractivity (Wildman–Crippen MR) is 220 cm³/mol. The minimum absolute atomic E-state index is 0.0696. The summed E-state index contributed by atoms with van der Waals surface area (Å²) in [4.78, 5) is 0. The average molecular weight is 737 g/mol. The van der Waals surface area contributed by atoms with Crippen LogP contribution in [0, 0.1) is 23.7 Å². The first-order valence-corrected chi connectivity index (χ1v) is 26.8. The van der Waals surface area contributed by atoms with Crippen molar-refractivity contribution in [1.29, 1.82) is 0 Å². The molecule has 0 spiro atoms. The Hall–Kier alpha value is -1.54. The Labute approximate surface area is 308 Å². The van der Waals surface area contributed by atoms with Crippen molar-refractivity contribution >= 4 is 34.6 Å². The van der Waals surface area contributed by atoms with Crippen LogP contribution < -0.4 is 10.6 Å². The van der Waals surface area contributed by atoms with E-state index in [9.17, 15) is 0 Å². The topological polar surface area (TPSA) is 44.8 Å². The van der Waals surface area contributed by atoms with E-state index in [0.717, 1.165) is 35.4 Å². The monoisotopic (exact) mass is 736 g/mol. The molecule has 7 heteroatoms. The largest absolute Gasteiger partial charge is 0.413 e. The minimum Gasteiger partial charge on any atom is -0.413 e. The van der Waals surface area contributed by atoms with Crippen LogP contribution in [0.15, 0.2) is 85.0 Å². The van der Waals surface area contributed by atoms with Gasteiger partial charge in [-0.05, 0) is 103 Å². The van der Waals surface area contributed by atoms with Crippen LogP contribution >= 0.6 is 7.37 Å². The third kappa shape index (κ3) is 9.52. The van der Waals surface area contributed by atoms with Gasteiger partial charge in [0.15, 0.2) is 16.6 Å². The molecule has 2 aliphatic carbocycles. The maximum absolute atomic E-state index is 15.1. The van der Waals surface area contributed by atoms with Gasteiger partial charge in [0, 0.05) is 16.5 Å². The Morgan fingerprint density at radius 1 is 0.880 bits per heavy atom. The Morgan fingerprint density at radius 3 is 1.92 bits per heavy atom. The lowest BCUT2D eigenvalue weighted by Crippen LogP contribution is -2.45. The highest BCUT2D eigenvalue weighted by atomic mass is 31.2. The van der Waals surface area contributed by atoms with Crippen molar-refractivity contribution in [2.24, 2.45) is 23.7 Å². The molecule has 2 saturated carbocycles. The molecule has 0 radical (unpaired) electrons. The van der Waals surface area contributed by atoms with Gasteiger partial charge < -0.3 is 13.4 Å². The fourth-order valence-electron chi connectivity index (χ4n) is 7.34. The maximum atomic E-state index is 15.1. The summed E-state index contributed by atoms with van der Waals surface area (Å²) in [6, 6.07) is 19.5. The molecule has 0 N–H and O–H groups in total. The van der Waals surface area contributed by atoms with Gasteiger partial charge in [-0.25, -0.2) is 0 Å². The van der Waals surface area contributed by atoms with E-state index in [4.69, 9.17) is 13.4 Å². The van der Waals surface area contributed by atoms with Crippen molar-refractivity contribution in [3.63, 3.8) is 0 Å². The molecule has 0 aromatic heterocycles. The minimum atomic E-state index is -3.39. The molecule has 1 unspecified atom stereocenters. The third-order valence-electron chi connectivity index (χ3n) is 12.5. The van der Waals surface area contributed by atoms with Gasteiger partial charge in [0.1, 0.15) is 0 Å². The van der Waals surface area contributed by atoms with Gasteiger partial charge in [0.05, 0.1) is 18.3 Å². The molecule has 0 amide bonds. The Morgan fingerprint density at radius 2 is 1.42 bits per heavy atom. The molecule has 2 aromatic rings. The van der Waals surface area contributed by atoms with E-state index in [1.54, 1.807) is 0 Å². The zero-order chi connectivity index (χ0) is 37.1. The zero-order valence-electron chi connectivity index (χ0n) is 33.5. The summed E-state index contributed by atoms with van der Waals surface area (Å²) in [5.41, 5.74) is 1.05. The van der Waals surface area contributed by atoms with E-state index in [1.807, 2.05) is 60.7 Å². The smallest absolute Gasteiger partial charge is 0.261 e. The molecule has 2 aromatic carbocycles. The molecule has 0 bridgehead atoms. The molecule has 0 heterocycles. The molecule has 50 heavy (non-hydrogen) atoms. The highest BCUT2D eigenvalue weighted by molar-refractivity contribution is 7.74. The normalized spacial score (nSPS) is 24.9. The van der Waals surface area contributed by atoms with Gasteiger partial charge >= 0.3 is 0 Å². The maximum Gasteiger partial charge on any atom is 0.261 e. The van der Waals surface area contributed by atoms with Crippen LogP contribution in [0.4, 0.5) is 0 Å². The van der Waals surface area contributed by atoms with Crippen LogP contribution in [0.2, 0.25) is 36.3 Å². The second-order valence-electron chi connectivity index (χ2n) is 18.5. The van der Waals surface area contributed by atoms with Crippen LogP contribution in [-0.2, 0) is 17.9 Å². The number of unbranched alkanes of at least 4 members (excludes halogenated alkanes) is 1. The van der Waals surface area contributed by atoms with Crippen LogP contribution in [0.3, 0.4) is 0 Å². The van der Waals surface area contributed by atoms with Crippen molar-refractivity contribution in [2.75, 3.05) is 0 Å². The zero-order valence-corrected chi connectivity index (χ0v) is 36.4. The first-order chi connectivity index (χ1) is 23.2. The molecule has 2 aliphatic rings. The Balaban J connectivity index is 1.71. The van der Waals surface area contributed by atoms with E-state index in [2.05, 4.69) is 100 Å². The summed E-state index contributed by atoms with van der Waals surface area (Å²) in [5, 5.41) is 1.69. The second-order valence-corrected chi connectivity index (χ2v) is 30.3. The third-order valence-corrected chi connectivity index (χ3v) is 23.9. The quantitative estimate of drug-likeness (QED) is 0.104. The summed E-state index contributed by atoms with van der Waals surface area (Å²) in [6.07, 6.45) is 11.2. The number of rotatable bonds is 15. The van der Waals surface area contributed by atoms with Gasteiger partial charge in [0.2, 0.25) is 0 Å². The fraction of sp³-hybridized carbons (Fsp3) is 0.628. The predicted octanol–water partition coefficient (Wildman–Crippen LogP) is 12.1. The average Bonchev–Trinajstić information content (AvgIpc) is 3.51. The molecule has 4 nitrogen and oxygen atoms in total. The molecule has 0 aliphatic heterocycles. The van der Waals surface area contributed by atoms with Crippen LogP contribution in [0.25, 0.3) is 0 Å². The summed E-state index contributed by atoms with van der Waals surface area (Å²) in [6.45, 7) is 32.7. The van der Waals surface area contributed by atoms with Crippen molar-refractivity contribution in [2.45, 2.75) is 148 Å². The number of hydrogen-bond acceptors (Lipinski definition) is 4. The van der Waals surface area contributed by atoms with Crippen molar-refractivity contribution in [3.05, 3.63) is 85.0 Å². The van der Waals surface area contributed by atoms with Gasteiger partial charge in [-0.3, -0.25) is 4.57 Å². The standard InChI is InChI=1S/C43H69O4PSi2/c1-14-15-22-32(2)29-34(46-49(10,11)42(4,5)6)27-28-37-38-30-33(3)41(39(38)31-40(37)47-50(12,13)43(7,8)9)45-48(44,35-23-18-16-19-24-35)36-25-20-17-21-26-36/h16-21,23-28,32,34,37-41H,3,14-15,22,29-31H2,1-2,4-13H3/t32-,34-,37+,38-,39+,40-,41?/m1/s1. The molecule has 278 valence electrons. The fourth-order valence-corrected chi connectivity index (χ4v) is 12.3. The number of fused-ring (bicyclic) bond motifs is 1. The molecule has 0 saturated heterocycles. The van der Waals surface area contributed by atoms with Gasteiger partial charge in [-0.15, -0.1) is 0 Å². The van der Waals surface area contributed by atoms with E-state index >= 15 is 4.57 Å². The number of benzene rings is 2. The summed E-state index contributed by atoms with van der Waals surface area (Å²) < 4.78 is 36.6. The van der Waals surface area contributed by atoms with Crippen LogP contribution in [0.1, 0.15) is 93.9 Å².